The minimum atomic E-state index is -0.472. The highest BCUT2D eigenvalue weighted by Gasteiger charge is 2.14. The molecule has 1 N–H and O–H groups in total. The Hall–Kier alpha value is -2.65. The number of methoxy groups -OCH3 is 1. The molecule has 0 spiro atoms. The Kier molecular flexibility index (Phi) is 4.13. The highest BCUT2D eigenvalue weighted by atomic mass is 32.1. The number of carbonyl (C=O) groups is 2. The first-order valence-corrected chi connectivity index (χ1v) is 6.45. The summed E-state index contributed by atoms with van der Waals surface area (Å²) in [5, 5.41) is 11.5. The van der Waals surface area contributed by atoms with E-state index in [-0.39, 0.29) is 5.91 Å². The molecule has 5 nitrogen and oxygen atoms in total. The predicted molar refractivity (Wildman–Crippen MR) is 74.8 cm³/mol. The van der Waals surface area contributed by atoms with Gasteiger partial charge in [0.1, 0.15) is 4.88 Å². The van der Waals surface area contributed by atoms with Crippen LogP contribution in [-0.4, -0.2) is 19.0 Å². The van der Waals surface area contributed by atoms with Crippen LogP contribution >= 0.6 is 11.3 Å². The maximum absolute atomic E-state index is 12.0. The molecule has 1 aromatic heterocycles. The van der Waals surface area contributed by atoms with E-state index in [1.165, 1.54) is 13.2 Å². The van der Waals surface area contributed by atoms with E-state index < -0.39 is 5.97 Å². The molecular weight excluding hydrogens is 276 g/mol. The molecule has 0 bridgehead atoms. The average Bonchev–Trinajstić information content (AvgIpc) is 2.96. The van der Waals surface area contributed by atoms with Crippen LogP contribution in [0, 0.1) is 11.3 Å². The normalized spacial score (nSPS) is 9.60. The number of nitrogens with one attached hydrogen (secondary N) is 1. The Morgan fingerprint density at radius 1 is 1.25 bits per heavy atom. The Balaban J connectivity index is 2.14. The quantitative estimate of drug-likeness (QED) is 0.880. The fourth-order valence-electron chi connectivity index (χ4n) is 1.53. The van der Waals surface area contributed by atoms with E-state index in [0.717, 1.165) is 11.3 Å². The molecule has 100 valence electrons. The Morgan fingerprint density at radius 2 is 2.00 bits per heavy atom. The number of benzene rings is 1. The third kappa shape index (κ3) is 3.02. The highest BCUT2D eigenvalue weighted by Crippen LogP contribution is 2.19. The predicted octanol–water partition coefficient (Wildman–Crippen LogP) is 2.66. The van der Waals surface area contributed by atoms with Gasteiger partial charge in [-0.1, -0.05) is 6.07 Å². The number of esters is 1. The Labute approximate surface area is 119 Å². The zero-order valence-corrected chi connectivity index (χ0v) is 11.4. The van der Waals surface area contributed by atoms with Crippen molar-refractivity contribution in [2.75, 3.05) is 12.4 Å². The molecule has 1 heterocycles. The monoisotopic (exact) mass is 286 g/mol. The third-order valence-corrected chi connectivity index (χ3v) is 3.53. The number of nitrogens with zero attached hydrogens (tertiary/aromatic N) is 1. The molecule has 0 unspecified atom stereocenters. The summed E-state index contributed by atoms with van der Waals surface area (Å²) < 4.78 is 4.58. The fraction of sp³-hybridized carbons (Fsp3) is 0.0714. The van der Waals surface area contributed by atoms with Crippen LogP contribution in [0.2, 0.25) is 0 Å². The van der Waals surface area contributed by atoms with Crippen molar-refractivity contribution < 1.29 is 14.3 Å². The van der Waals surface area contributed by atoms with Crippen LogP contribution in [0.4, 0.5) is 5.69 Å². The first-order chi connectivity index (χ1) is 9.63. The molecule has 20 heavy (non-hydrogen) atoms. The van der Waals surface area contributed by atoms with Crippen molar-refractivity contribution in [3.8, 4) is 6.07 Å². The molecule has 2 aromatic rings. The van der Waals surface area contributed by atoms with Crippen LogP contribution in [-0.2, 0) is 4.74 Å². The minimum Gasteiger partial charge on any atom is -0.465 e. The molecule has 2 rings (SSSR count). The summed E-state index contributed by atoms with van der Waals surface area (Å²) >= 11 is 1.05. The summed E-state index contributed by atoms with van der Waals surface area (Å²) in [6.07, 6.45) is 0. The van der Waals surface area contributed by atoms with Gasteiger partial charge in [0.25, 0.3) is 5.91 Å². The number of ether oxygens (including phenoxy) is 1. The van der Waals surface area contributed by atoms with Crippen molar-refractivity contribution in [3.05, 3.63) is 51.7 Å². The maximum Gasteiger partial charge on any atom is 0.348 e. The van der Waals surface area contributed by atoms with Crippen molar-refractivity contribution in [3.63, 3.8) is 0 Å². The molecule has 1 amide bonds. The van der Waals surface area contributed by atoms with Crippen LogP contribution in [0.3, 0.4) is 0 Å². The van der Waals surface area contributed by atoms with Gasteiger partial charge in [-0.2, -0.15) is 5.26 Å². The Morgan fingerprint density at radius 3 is 2.70 bits per heavy atom. The van der Waals surface area contributed by atoms with Crippen LogP contribution in [0.15, 0.2) is 36.4 Å². The van der Waals surface area contributed by atoms with E-state index in [4.69, 9.17) is 5.26 Å². The van der Waals surface area contributed by atoms with E-state index >= 15 is 0 Å². The first-order valence-electron chi connectivity index (χ1n) is 5.63. The van der Waals surface area contributed by atoms with Gasteiger partial charge in [-0.15, -0.1) is 11.3 Å². The topological polar surface area (TPSA) is 79.2 Å². The molecule has 0 aliphatic heterocycles. The Bertz CT molecular complexity index is 700. The highest BCUT2D eigenvalue weighted by molar-refractivity contribution is 7.16. The first kappa shape index (κ1) is 13.8. The van der Waals surface area contributed by atoms with Crippen LogP contribution in [0.1, 0.15) is 24.9 Å². The molecule has 0 saturated carbocycles. The van der Waals surface area contributed by atoms with Crippen molar-refractivity contribution in [2.24, 2.45) is 0 Å². The molecule has 0 atom stereocenters. The van der Waals surface area contributed by atoms with E-state index in [9.17, 15) is 9.59 Å². The van der Waals surface area contributed by atoms with Crippen LogP contribution in [0.25, 0.3) is 0 Å². The van der Waals surface area contributed by atoms with Crippen molar-refractivity contribution in [1.82, 2.24) is 0 Å². The number of amides is 1. The number of rotatable bonds is 3. The summed E-state index contributed by atoms with van der Waals surface area (Å²) in [5.41, 5.74) is 0.992. The van der Waals surface area contributed by atoms with Gasteiger partial charge in [-0.05, 0) is 30.3 Å². The molecule has 0 radical (unpaired) electrons. The molecule has 0 aliphatic rings. The lowest BCUT2D eigenvalue weighted by molar-refractivity contribution is 0.0606. The van der Waals surface area contributed by atoms with Gasteiger partial charge in [0.15, 0.2) is 0 Å². The number of hydrogen-bond donors (Lipinski definition) is 1. The van der Waals surface area contributed by atoms with Gasteiger partial charge in [-0.25, -0.2) is 4.79 Å². The zero-order chi connectivity index (χ0) is 14.5. The maximum atomic E-state index is 12.0. The average molecular weight is 286 g/mol. The second-order valence-corrected chi connectivity index (χ2v) is 4.89. The zero-order valence-electron chi connectivity index (χ0n) is 10.5. The molecule has 0 aliphatic carbocycles. The standard InChI is InChI=1S/C14H10N2O3S/c1-19-14(18)12-6-5-11(20-12)13(17)16-10-4-2-3-9(7-10)8-15/h2-7H,1H3,(H,16,17). The lowest BCUT2D eigenvalue weighted by atomic mass is 10.2. The number of carbonyl (C=O) groups excluding carboxylic acids is 2. The van der Waals surface area contributed by atoms with Crippen molar-refractivity contribution in [1.29, 1.82) is 5.26 Å². The van der Waals surface area contributed by atoms with E-state index in [1.54, 1.807) is 30.3 Å². The number of thiophene rings is 1. The van der Waals surface area contributed by atoms with Crippen molar-refractivity contribution in [2.45, 2.75) is 0 Å². The number of anilines is 1. The summed E-state index contributed by atoms with van der Waals surface area (Å²) in [6, 6.07) is 11.7. The largest absolute Gasteiger partial charge is 0.465 e. The summed E-state index contributed by atoms with van der Waals surface area (Å²) in [7, 11) is 1.29. The fourth-order valence-corrected chi connectivity index (χ4v) is 2.35. The lowest BCUT2D eigenvalue weighted by Gasteiger charge is -2.03. The molecule has 6 heteroatoms. The minimum absolute atomic E-state index is 0.333. The molecule has 1 aromatic carbocycles. The summed E-state index contributed by atoms with van der Waals surface area (Å²) in [4.78, 5) is 24.1. The molecular formula is C14H10N2O3S. The van der Waals surface area contributed by atoms with Gasteiger partial charge >= 0.3 is 5.97 Å². The number of nitriles is 1. The molecule has 0 fully saturated rings. The lowest BCUT2D eigenvalue weighted by Crippen LogP contribution is -2.10. The second kappa shape index (κ2) is 5.99. The van der Waals surface area contributed by atoms with Gasteiger partial charge in [-0.3, -0.25) is 4.79 Å². The van der Waals surface area contributed by atoms with Gasteiger partial charge in [0.05, 0.1) is 23.6 Å². The summed E-state index contributed by atoms with van der Waals surface area (Å²) in [5.74, 6) is -0.805. The third-order valence-electron chi connectivity index (χ3n) is 2.47. The van der Waals surface area contributed by atoms with Gasteiger partial charge in [0, 0.05) is 5.69 Å². The van der Waals surface area contributed by atoms with Gasteiger partial charge < -0.3 is 10.1 Å². The van der Waals surface area contributed by atoms with Gasteiger partial charge in [0.2, 0.25) is 0 Å². The van der Waals surface area contributed by atoms with Crippen molar-refractivity contribution >= 4 is 28.9 Å². The van der Waals surface area contributed by atoms with Crippen LogP contribution in [0.5, 0.6) is 0 Å². The van der Waals surface area contributed by atoms with E-state index in [1.807, 2.05) is 6.07 Å². The number of hydrogen-bond acceptors (Lipinski definition) is 5. The smallest absolute Gasteiger partial charge is 0.348 e. The molecule has 0 saturated heterocycles. The van der Waals surface area contributed by atoms with E-state index in [2.05, 4.69) is 10.1 Å². The SMILES string of the molecule is COC(=O)c1ccc(C(=O)Nc2cccc(C#N)c2)s1. The summed E-state index contributed by atoms with van der Waals surface area (Å²) in [6.45, 7) is 0. The van der Waals surface area contributed by atoms with Crippen LogP contribution < -0.4 is 5.32 Å². The second-order valence-electron chi connectivity index (χ2n) is 3.80. The van der Waals surface area contributed by atoms with E-state index in [0.29, 0.717) is 21.0 Å².